The first-order valence-corrected chi connectivity index (χ1v) is 6.67. The molecule has 0 amide bonds. The third-order valence-electron chi connectivity index (χ3n) is 4.52. The molecule has 1 saturated carbocycles. The van der Waals surface area contributed by atoms with E-state index in [2.05, 4.69) is 31.1 Å². The van der Waals surface area contributed by atoms with E-state index in [0.717, 1.165) is 24.0 Å². The Morgan fingerprint density at radius 1 is 1.33 bits per heavy atom. The van der Waals surface area contributed by atoms with E-state index in [0.29, 0.717) is 0 Å². The van der Waals surface area contributed by atoms with E-state index in [1.54, 1.807) is 0 Å². The maximum absolute atomic E-state index is 3.90. The second-order valence-corrected chi connectivity index (χ2v) is 5.59. The normalized spacial score (nSPS) is 42.6. The Balaban J connectivity index is 1.82. The van der Waals surface area contributed by atoms with E-state index in [9.17, 15) is 0 Å². The number of hydrogen-bond donors (Lipinski definition) is 1. The predicted molar refractivity (Wildman–Crippen MR) is 65.1 cm³/mol. The van der Waals surface area contributed by atoms with Gasteiger partial charge < -0.3 is 10.2 Å². The number of nitrogens with zero attached hydrogens (tertiary/aromatic N) is 1. The summed E-state index contributed by atoms with van der Waals surface area (Å²) in [5, 5.41) is 3.90. The van der Waals surface area contributed by atoms with E-state index >= 15 is 0 Å². The van der Waals surface area contributed by atoms with Gasteiger partial charge in [0.25, 0.3) is 0 Å². The van der Waals surface area contributed by atoms with Crippen molar-refractivity contribution in [2.45, 2.75) is 64.1 Å². The van der Waals surface area contributed by atoms with Crippen molar-refractivity contribution in [3.05, 3.63) is 0 Å². The van der Waals surface area contributed by atoms with Crippen LogP contribution < -0.4 is 5.32 Å². The summed E-state index contributed by atoms with van der Waals surface area (Å²) in [6.07, 6.45) is 6.99. The molecule has 1 heterocycles. The lowest BCUT2D eigenvalue weighted by molar-refractivity contribution is 0.316. The quantitative estimate of drug-likeness (QED) is 0.768. The number of likely N-dealkylation sites (tertiary alicyclic amines) is 1. The molecule has 2 heteroatoms. The van der Waals surface area contributed by atoms with Crippen LogP contribution in [0.15, 0.2) is 0 Å². The van der Waals surface area contributed by atoms with Gasteiger partial charge in [-0.3, -0.25) is 0 Å². The third-order valence-corrected chi connectivity index (χ3v) is 4.52. The summed E-state index contributed by atoms with van der Waals surface area (Å²) in [6, 6.07) is 2.34. The lowest BCUT2D eigenvalue weighted by Gasteiger charge is -2.23. The maximum Gasteiger partial charge on any atom is 0.0212 e. The van der Waals surface area contributed by atoms with Gasteiger partial charge in [-0.2, -0.15) is 0 Å². The molecule has 0 bridgehead atoms. The molecule has 0 aromatic rings. The minimum atomic E-state index is 0.752. The minimum absolute atomic E-state index is 0.752. The lowest BCUT2D eigenvalue weighted by Crippen LogP contribution is -2.41. The fraction of sp³-hybridized carbons (Fsp3) is 1.00. The summed E-state index contributed by atoms with van der Waals surface area (Å²) in [4.78, 5) is 2.48. The summed E-state index contributed by atoms with van der Waals surface area (Å²) < 4.78 is 0. The maximum atomic E-state index is 3.90. The minimum Gasteiger partial charge on any atom is -0.310 e. The molecular formula is C13H26N2. The second-order valence-electron chi connectivity index (χ2n) is 5.59. The number of rotatable bonds is 3. The SMILES string of the molecule is CCC1CCCC1NC1CC(C)N(C)C1. The topological polar surface area (TPSA) is 15.3 Å². The Labute approximate surface area is 94.4 Å². The highest BCUT2D eigenvalue weighted by Gasteiger charge is 2.31. The highest BCUT2D eigenvalue weighted by Crippen LogP contribution is 2.29. The van der Waals surface area contributed by atoms with Crippen molar-refractivity contribution in [1.82, 2.24) is 10.2 Å². The standard InChI is InChI=1S/C13H26N2/c1-4-11-6-5-7-13(11)14-12-8-10(2)15(3)9-12/h10-14H,4-9H2,1-3H3. The number of nitrogens with one attached hydrogen (secondary N) is 1. The molecule has 0 aromatic heterocycles. The molecule has 88 valence electrons. The van der Waals surface area contributed by atoms with E-state index in [1.807, 2.05) is 0 Å². The van der Waals surface area contributed by atoms with Crippen LogP contribution in [0.2, 0.25) is 0 Å². The van der Waals surface area contributed by atoms with Crippen molar-refractivity contribution in [2.75, 3.05) is 13.6 Å². The predicted octanol–water partition coefficient (Wildman–Crippen LogP) is 2.25. The molecule has 4 unspecified atom stereocenters. The van der Waals surface area contributed by atoms with Crippen molar-refractivity contribution in [3.8, 4) is 0 Å². The van der Waals surface area contributed by atoms with Gasteiger partial charge in [0.15, 0.2) is 0 Å². The molecule has 2 aliphatic rings. The third kappa shape index (κ3) is 2.54. The summed E-state index contributed by atoms with van der Waals surface area (Å²) in [5.74, 6) is 0.950. The molecular weight excluding hydrogens is 184 g/mol. The summed E-state index contributed by atoms with van der Waals surface area (Å²) in [7, 11) is 2.25. The molecule has 1 saturated heterocycles. The second kappa shape index (κ2) is 4.84. The Morgan fingerprint density at radius 2 is 2.13 bits per heavy atom. The van der Waals surface area contributed by atoms with Crippen LogP contribution in [0.25, 0.3) is 0 Å². The van der Waals surface area contributed by atoms with Gasteiger partial charge in [-0.1, -0.05) is 19.8 Å². The average Bonchev–Trinajstić information content (AvgIpc) is 2.75. The van der Waals surface area contributed by atoms with Gasteiger partial charge in [0.2, 0.25) is 0 Å². The van der Waals surface area contributed by atoms with E-state index in [4.69, 9.17) is 0 Å². The lowest BCUT2D eigenvalue weighted by atomic mass is 9.99. The van der Waals surface area contributed by atoms with E-state index in [-0.39, 0.29) is 0 Å². The molecule has 4 atom stereocenters. The Hall–Kier alpha value is -0.0800. The monoisotopic (exact) mass is 210 g/mol. The molecule has 0 aromatic carbocycles. The van der Waals surface area contributed by atoms with Crippen LogP contribution in [0.4, 0.5) is 0 Å². The molecule has 1 aliphatic carbocycles. The Morgan fingerprint density at radius 3 is 2.73 bits per heavy atom. The zero-order valence-corrected chi connectivity index (χ0v) is 10.5. The van der Waals surface area contributed by atoms with Crippen molar-refractivity contribution in [1.29, 1.82) is 0 Å². The first kappa shape index (κ1) is 11.4. The molecule has 2 fully saturated rings. The summed E-state index contributed by atoms with van der Waals surface area (Å²) in [6.45, 7) is 5.93. The molecule has 0 radical (unpaired) electrons. The van der Waals surface area contributed by atoms with Gasteiger partial charge >= 0.3 is 0 Å². The zero-order chi connectivity index (χ0) is 10.8. The number of hydrogen-bond acceptors (Lipinski definition) is 2. The number of likely N-dealkylation sites (N-methyl/N-ethyl adjacent to an activating group) is 1. The Bertz CT molecular complexity index is 195. The molecule has 2 rings (SSSR count). The smallest absolute Gasteiger partial charge is 0.0212 e. The first-order chi connectivity index (χ1) is 7.20. The van der Waals surface area contributed by atoms with Crippen LogP contribution in [0.1, 0.15) is 46.0 Å². The van der Waals surface area contributed by atoms with Crippen LogP contribution in [-0.2, 0) is 0 Å². The largest absolute Gasteiger partial charge is 0.310 e. The van der Waals surface area contributed by atoms with Gasteiger partial charge in [-0.25, -0.2) is 0 Å². The van der Waals surface area contributed by atoms with E-state index < -0.39 is 0 Å². The first-order valence-electron chi connectivity index (χ1n) is 6.67. The van der Waals surface area contributed by atoms with Gasteiger partial charge in [0, 0.05) is 24.7 Å². The fourth-order valence-corrected chi connectivity index (χ4v) is 3.36. The van der Waals surface area contributed by atoms with Gasteiger partial charge in [-0.05, 0) is 39.2 Å². The van der Waals surface area contributed by atoms with Crippen LogP contribution in [-0.4, -0.2) is 36.6 Å². The van der Waals surface area contributed by atoms with Crippen LogP contribution in [0.3, 0.4) is 0 Å². The van der Waals surface area contributed by atoms with Crippen LogP contribution in [0, 0.1) is 5.92 Å². The van der Waals surface area contributed by atoms with Gasteiger partial charge in [0.1, 0.15) is 0 Å². The average molecular weight is 210 g/mol. The van der Waals surface area contributed by atoms with Crippen LogP contribution in [0.5, 0.6) is 0 Å². The van der Waals surface area contributed by atoms with Crippen molar-refractivity contribution < 1.29 is 0 Å². The highest BCUT2D eigenvalue weighted by atomic mass is 15.2. The van der Waals surface area contributed by atoms with E-state index in [1.165, 1.54) is 38.6 Å². The van der Waals surface area contributed by atoms with Crippen LogP contribution >= 0.6 is 0 Å². The molecule has 1 N–H and O–H groups in total. The molecule has 1 aliphatic heterocycles. The Kier molecular flexibility index (Phi) is 3.68. The van der Waals surface area contributed by atoms with Gasteiger partial charge in [0.05, 0.1) is 0 Å². The van der Waals surface area contributed by atoms with Gasteiger partial charge in [-0.15, -0.1) is 0 Å². The summed E-state index contributed by atoms with van der Waals surface area (Å²) >= 11 is 0. The van der Waals surface area contributed by atoms with Crippen molar-refractivity contribution in [2.24, 2.45) is 5.92 Å². The zero-order valence-electron chi connectivity index (χ0n) is 10.5. The van der Waals surface area contributed by atoms with Crippen molar-refractivity contribution >= 4 is 0 Å². The molecule has 15 heavy (non-hydrogen) atoms. The van der Waals surface area contributed by atoms with Crippen molar-refractivity contribution in [3.63, 3.8) is 0 Å². The molecule has 2 nitrogen and oxygen atoms in total. The fourth-order valence-electron chi connectivity index (χ4n) is 3.36. The molecule has 0 spiro atoms. The highest BCUT2D eigenvalue weighted by molar-refractivity contribution is 4.91. The summed E-state index contributed by atoms with van der Waals surface area (Å²) in [5.41, 5.74) is 0.